The summed E-state index contributed by atoms with van der Waals surface area (Å²) in [6.07, 6.45) is 1.51. The first-order chi connectivity index (χ1) is 7.35. The predicted octanol–water partition coefficient (Wildman–Crippen LogP) is 0.495. The second-order valence-electron chi connectivity index (χ2n) is 4.36. The van der Waals surface area contributed by atoms with E-state index in [4.69, 9.17) is 14.2 Å². The molecule has 0 N–H and O–H groups in total. The van der Waals surface area contributed by atoms with Crippen molar-refractivity contribution in [2.75, 3.05) is 52.7 Å². The molecule has 2 heterocycles. The van der Waals surface area contributed by atoms with Crippen molar-refractivity contribution in [3.8, 4) is 0 Å². The lowest BCUT2D eigenvalue weighted by Gasteiger charge is -2.44. The summed E-state index contributed by atoms with van der Waals surface area (Å²) < 4.78 is 15.9. The average molecular weight is 213 g/mol. The number of nitrogens with zero attached hydrogens (tertiary/aromatic N) is 1. The molecule has 0 spiro atoms. The lowest BCUT2D eigenvalue weighted by Crippen LogP contribution is -2.55. The highest BCUT2D eigenvalue weighted by molar-refractivity contribution is 4.89. The first kappa shape index (κ1) is 10.9. The standard InChI is InChI=1S/C11H19NO3/c1-2-13-8-11(9-15-10-11)7-12-3-5-14-6-4-12/h2H,1,3-10H2. The van der Waals surface area contributed by atoms with Gasteiger partial charge in [-0.1, -0.05) is 6.58 Å². The molecule has 4 heteroatoms. The van der Waals surface area contributed by atoms with Crippen molar-refractivity contribution in [3.63, 3.8) is 0 Å². The number of morpholine rings is 1. The molecule has 86 valence electrons. The van der Waals surface area contributed by atoms with Gasteiger partial charge in [-0.2, -0.15) is 0 Å². The molecule has 0 aromatic heterocycles. The Balaban J connectivity index is 1.80. The van der Waals surface area contributed by atoms with Crippen LogP contribution in [0, 0.1) is 5.41 Å². The molecule has 0 aromatic rings. The van der Waals surface area contributed by atoms with Crippen LogP contribution in [-0.4, -0.2) is 57.6 Å². The fourth-order valence-electron chi connectivity index (χ4n) is 2.08. The van der Waals surface area contributed by atoms with E-state index in [1.807, 2.05) is 0 Å². The Bertz CT molecular complexity index is 210. The van der Waals surface area contributed by atoms with Gasteiger partial charge in [0.15, 0.2) is 0 Å². The summed E-state index contributed by atoms with van der Waals surface area (Å²) in [6.45, 7) is 10.7. The van der Waals surface area contributed by atoms with Gasteiger partial charge in [-0.25, -0.2) is 0 Å². The van der Waals surface area contributed by atoms with Crippen molar-refractivity contribution in [2.45, 2.75) is 0 Å². The van der Waals surface area contributed by atoms with Crippen LogP contribution in [-0.2, 0) is 14.2 Å². The SMILES string of the molecule is C=COCC1(CN2CCOCC2)COC1. The Labute approximate surface area is 90.8 Å². The maximum atomic E-state index is 5.33. The minimum atomic E-state index is 0.186. The van der Waals surface area contributed by atoms with Crippen molar-refractivity contribution in [2.24, 2.45) is 5.41 Å². The van der Waals surface area contributed by atoms with Crippen LogP contribution in [0.5, 0.6) is 0 Å². The van der Waals surface area contributed by atoms with Gasteiger partial charge in [0.1, 0.15) is 0 Å². The highest BCUT2D eigenvalue weighted by Gasteiger charge is 2.41. The molecule has 2 rings (SSSR count). The molecule has 2 aliphatic rings. The zero-order chi connectivity index (χ0) is 10.6. The average Bonchev–Trinajstić information content (AvgIpc) is 2.23. The number of hydrogen-bond acceptors (Lipinski definition) is 4. The van der Waals surface area contributed by atoms with Crippen molar-refractivity contribution < 1.29 is 14.2 Å². The molecule has 0 bridgehead atoms. The van der Waals surface area contributed by atoms with Crippen LogP contribution < -0.4 is 0 Å². The second-order valence-corrected chi connectivity index (χ2v) is 4.36. The van der Waals surface area contributed by atoms with E-state index < -0.39 is 0 Å². The monoisotopic (exact) mass is 213 g/mol. The molecule has 0 radical (unpaired) electrons. The quantitative estimate of drug-likeness (QED) is 0.622. The number of ether oxygens (including phenoxy) is 3. The van der Waals surface area contributed by atoms with Crippen molar-refractivity contribution in [3.05, 3.63) is 12.8 Å². The third-order valence-electron chi connectivity index (χ3n) is 2.99. The summed E-state index contributed by atoms with van der Waals surface area (Å²) >= 11 is 0. The smallest absolute Gasteiger partial charge is 0.0985 e. The summed E-state index contributed by atoms with van der Waals surface area (Å²) in [5.74, 6) is 0. The topological polar surface area (TPSA) is 30.9 Å². The third-order valence-corrected chi connectivity index (χ3v) is 2.99. The molecule has 2 aliphatic heterocycles. The van der Waals surface area contributed by atoms with Crippen LogP contribution in [0.25, 0.3) is 0 Å². The fraction of sp³-hybridized carbons (Fsp3) is 0.818. The van der Waals surface area contributed by atoms with Gasteiger partial charge >= 0.3 is 0 Å². The van der Waals surface area contributed by atoms with Gasteiger partial charge in [-0.15, -0.1) is 0 Å². The Kier molecular flexibility index (Phi) is 3.61. The molecule has 0 atom stereocenters. The van der Waals surface area contributed by atoms with E-state index in [2.05, 4.69) is 11.5 Å². The molecule has 0 amide bonds. The normalized spacial score (nSPS) is 25.6. The van der Waals surface area contributed by atoms with Crippen molar-refractivity contribution >= 4 is 0 Å². The largest absolute Gasteiger partial charge is 0.501 e. The van der Waals surface area contributed by atoms with Crippen LogP contribution >= 0.6 is 0 Å². The maximum absolute atomic E-state index is 5.33. The van der Waals surface area contributed by atoms with Crippen molar-refractivity contribution in [1.82, 2.24) is 4.90 Å². The van der Waals surface area contributed by atoms with Crippen LogP contribution in [0.1, 0.15) is 0 Å². The first-order valence-electron chi connectivity index (χ1n) is 5.45. The minimum absolute atomic E-state index is 0.186. The summed E-state index contributed by atoms with van der Waals surface area (Å²) in [7, 11) is 0. The third kappa shape index (κ3) is 2.71. The van der Waals surface area contributed by atoms with Gasteiger partial charge in [0, 0.05) is 19.6 Å². The summed E-state index contributed by atoms with van der Waals surface area (Å²) in [6, 6.07) is 0. The van der Waals surface area contributed by atoms with Gasteiger partial charge in [-0.05, 0) is 0 Å². The first-order valence-corrected chi connectivity index (χ1v) is 5.45. The van der Waals surface area contributed by atoms with E-state index in [1.165, 1.54) is 6.26 Å². The van der Waals surface area contributed by atoms with Crippen molar-refractivity contribution in [1.29, 1.82) is 0 Å². The molecular formula is C11H19NO3. The second kappa shape index (κ2) is 4.96. The molecule has 2 fully saturated rings. The van der Waals surface area contributed by atoms with Gasteiger partial charge < -0.3 is 14.2 Å². The predicted molar refractivity (Wildman–Crippen MR) is 56.7 cm³/mol. The fourth-order valence-corrected chi connectivity index (χ4v) is 2.08. The van der Waals surface area contributed by atoms with Crippen LogP contribution in [0.4, 0.5) is 0 Å². The summed E-state index contributed by atoms with van der Waals surface area (Å²) in [5.41, 5.74) is 0.186. The van der Waals surface area contributed by atoms with Gasteiger partial charge in [0.05, 0.1) is 44.7 Å². The Hall–Kier alpha value is -0.580. The van der Waals surface area contributed by atoms with Crippen LogP contribution in [0.3, 0.4) is 0 Å². The molecule has 2 saturated heterocycles. The Morgan fingerprint density at radius 1 is 1.27 bits per heavy atom. The number of hydrogen-bond donors (Lipinski definition) is 0. The number of rotatable bonds is 5. The maximum Gasteiger partial charge on any atom is 0.0985 e. The minimum Gasteiger partial charge on any atom is -0.501 e. The lowest BCUT2D eigenvalue weighted by molar-refractivity contribution is -0.154. The Morgan fingerprint density at radius 3 is 2.53 bits per heavy atom. The summed E-state index contributed by atoms with van der Waals surface area (Å²) in [5, 5.41) is 0. The van der Waals surface area contributed by atoms with Crippen LogP contribution in [0.15, 0.2) is 12.8 Å². The molecule has 15 heavy (non-hydrogen) atoms. The Morgan fingerprint density at radius 2 is 2.00 bits per heavy atom. The lowest BCUT2D eigenvalue weighted by atomic mass is 9.86. The van der Waals surface area contributed by atoms with E-state index in [0.29, 0.717) is 6.61 Å². The zero-order valence-electron chi connectivity index (χ0n) is 9.11. The van der Waals surface area contributed by atoms with E-state index in [-0.39, 0.29) is 5.41 Å². The van der Waals surface area contributed by atoms with E-state index in [1.54, 1.807) is 0 Å². The summed E-state index contributed by atoms with van der Waals surface area (Å²) in [4.78, 5) is 2.43. The van der Waals surface area contributed by atoms with Gasteiger partial charge in [-0.3, -0.25) is 4.90 Å². The van der Waals surface area contributed by atoms with Gasteiger partial charge in [0.2, 0.25) is 0 Å². The molecule has 0 aliphatic carbocycles. The molecular weight excluding hydrogens is 194 g/mol. The molecule has 0 saturated carbocycles. The highest BCUT2D eigenvalue weighted by Crippen LogP contribution is 2.29. The zero-order valence-corrected chi connectivity index (χ0v) is 9.11. The molecule has 4 nitrogen and oxygen atoms in total. The molecule has 0 unspecified atom stereocenters. The highest BCUT2D eigenvalue weighted by atomic mass is 16.5. The van der Waals surface area contributed by atoms with E-state index in [0.717, 1.165) is 46.1 Å². The molecule has 0 aromatic carbocycles. The van der Waals surface area contributed by atoms with E-state index in [9.17, 15) is 0 Å². The van der Waals surface area contributed by atoms with Crippen LogP contribution in [0.2, 0.25) is 0 Å². The van der Waals surface area contributed by atoms with E-state index >= 15 is 0 Å². The van der Waals surface area contributed by atoms with Gasteiger partial charge in [0.25, 0.3) is 0 Å².